The van der Waals surface area contributed by atoms with Gasteiger partial charge in [-0.05, 0) is 70.8 Å². The van der Waals surface area contributed by atoms with E-state index in [2.05, 4.69) is 78.9 Å². The van der Waals surface area contributed by atoms with Crippen LogP contribution in [0.2, 0.25) is 0 Å². The predicted molar refractivity (Wildman–Crippen MR) is 172 cm³/mol. The quantitative estimate of drug-likeness (QED) is 0.219. The van der Waals surface area contributed by atoms with Crippen molar-refractivity contribution in [1.82, 2.24) is 0 Å². The van der Waals surface area contributed by atoms with Crippen molar-refractivity contribution in [2.24, 2.45) is 0 Å². The number of thiophene rings is 1. The molecule has 8 aromatic rings. The van der Waals surface area contributed by atoms with Gasteiger partial charge in [-0.3, -0.25) is 0 Å². The molecular weight excluding hydrogens is 532 g/mol. The molecule has 194 valence electrons. The van der Waals surface area contributed by atoms with Crippen LogP contribution in [0.5, 0.6) is 0 Å². The highest BCUT2D eigenvalue weighted by atomic mass is 32.1. The standard InChI is InChI=1S/C38H20N2OS/c39-21-23-8-5-9-24(18-23)25-19-30(26-12-6-15-34-37(26)28-10-1-3-14-33(28)41-34)32(22-40)31(20-25)27-13-7-17-36-38(27)29-11-2-4-16-35(29)42-36/h1-20H. The molecule has 0 saturated carbocycles. The lowest BCUT2D eigenvalue weighted by molar-refractivity contribution is 0.669. The summed E-state index contributed by atoms with van der Waals surface area (Å²) in [5, 5.41) is 24.8. The molecule has 0 aliphatic carbocycles. The molecule has 0 atom stereocenters. The summed E-state index contributed by atoms with van der Waals surface area (Å²) in [5.41, 5.74) is 8.32. The average molecular weight is 553 g/mol. The Bertz CT molecular complexity index is 2310. The third-order valence-electron chi connectivity index (χ3n) is 7.96. The maximum atomic E-state index is 10.8. The van der Waals surface area contributed by atoms with E-state index < -0.39 is 0 Å². The van der Waals surface area contributed by atoms with Crippen molar-refractivity contribution < 1.29 is 4.42 Å². The van der Waals surface area contributed by atoms with Gasteiger partial charge in [0.1, 0.15) is 17.2 Å². The molecule has 0 bridgehead atoms. The van der Waals surface area contributed by atoms with Crippen LogP contribution < -0.4 is 0 Å². The van der Waals surface area contributed by atoms with Crippen LogP contribution in [0.3, 0.4) is 0 Å². The van der Waals surface area contributed by atoms with Gasteiger partial charge in [0.05, 0.1) is 17.2 Å². The summed E-state index contributed by atoms with van der Waals surface area (Å²) < 4.78 is 8.62. The average Bonchev–Trinajstić information content (AvgIpc) is 3.62. The van der Waals surface area contributed by atoms with Gasteiger partial charge in [0.15, 0.2) is 0 Å². The number of nitriles is 2. The number of hydrogen-bond donors (Lipinski definition) is 0. The number of furan rings is 1. The van der Waals surface area contributed by atoms with E-state index in [-0.39, 0.29) is 0 Å². The van der Waals surface area contributed by atoms with E-state index in [4.69, 9.17) is 4.42 Å². The van der Waals surface area contributed by atoms with Crippen LogP contribution in [-0.4, -0.2) is 0 Å². The molecule has 4 heteroatoms. The largest absolute Gasteiger partial charge is 0.456 e. The Morgan fingerprint density at radius 1 is 0.500 bits per heavy atom. The number of para-hydroxylation sites is 1. The third-order valence-corrected chi connectivity index (χ3v) is 9.10. The first-order valence-electron chi connectivity index (χ1n) is 13.6. The fraction of sp³-hybridized carbons (Fsp3) is 0. The van der Waals surface area contributed by atoms with Gasteiger partial charge in [-0.2, -0.15) is 10.5 Å². The van der Waals surface area contributed by atoms with Crippen LogP contribution in [-0.2, 0) is 0 Å². The summed E-state index contributed by atoms with van der Waals surface area (Å²) in [6, 6.07) is 45.5. The van der Waals surface area contributed by atoms with Crippen molar-refractivity contribution in [2.45, 2.75) is 0 Å². The highest BCUT2D eigenvalue weighted by Gasteiger charge is 2.21. The lowest BCUT2D eigenvalue weighted by Gasteiger charge is -2.16. The summed E-state index contributed by atoms with van der Waals surface area (Å²) in [6.07, 6.45) is 0. The lowest BCUT2D eigenvalue weighted by Crippen LogP contribution is -1.94. The van der Waals surface area contributed by atoms with Crippen molar-refractivity contribution in [3.05, 3.63) is 132 Å². The van der Waals surface area contributed by atoms with E-state index in [1.54, 1.807) is 11.3 Å². The molecule has 2 aromatic heterocycles. The maximum absolute atomic E-state index is 10.8. The number of benzene rings is 6. The molecule has 0 aliphatic rings. The fourth-order valence-corrected chi connectivity index (χ4v) is 7.25. The maximum Gasteiger partial charge on any atom is 0.136 e. The minimum atomic E-state index is 0.592. The molecule has 3 nitrogen and oxygen atoms in total. The van der Waals surface area contributed by atoms with Crippen LogP contribution in [0.15, 0.2) is 126 Å². The van der Waals surface area contributed by atoms with Crippen molar-refractivity contribution in [2.75, 3.05) is 0 Å². The van der Waals surface area contributed by atoms with Crippen molar-refractivity contribution >= 4 is 53.4 Å². The predicted octanol–water partition coefficient (Wildman–Crippen LogP) is 10.7. The molecule has 6 aromatic carbocycles. The Hall–Kier alpha value is -5.68. The topological polar surface area (TPSA) is 60.7 Å². The third kappa shape index (κ3) is 3.64. The van der Waals surface area contributed by atoms with Crippen LogP contribution in [0.4, 0.5) is 0 Å². The summed E-state index contributed by atoms with van der Waals surface area (Å²) in [4.78, 5) is 0. The van der Waals surface area contributed by atoms with E-state index in [9.17, 15) is 10.5 Å². The first-order chi connectivity index (χ1) is 20.7. The zero-order chi connectivity index (χ0) is 28.2. The van der Waals surface area contributed by atoms with Crippen molar-refractivity contribution in [3.63, 3.8) is 0 Å². The van der Waals surface area contributed by atoms with Gasteiger partial charge in [-0.1, -0.05) is 72.8 Å². The molecule has 0 fully saturated rings. The number of hydrogen-bond acceptors (Lipinski definition) is 4. The zero-order valence-corrected chi connectivity index (χ0v) is 23.1. The highest BCUT2D eigenvalue weighted by Crippen LogP contribution is 2.46. The Morgan fingerprint density at radius 2 is 1.17 bits per heavy atom. The summed E-state index contributed by atoms with van der Waals surface area (Å²) in [5.74, 6) is 0. The van der Waals surface area contributed by atoms with Gasteiger partial charge >= 0.3 is 0 Å². The van der Waals surface area contributed by atoms with Gasteiger partial charge in [0, 0.05) is 42.1 Å². The van der Waals surface area contributed by atoms with Crippen molar-refractivity contribution in [1.29, 1.82) is 10.5 Å². The van der Waals surface area contributed by atoms with E-state index in [0.717, 1.165) is 60.7 Å². The summed E-state index contributed by atoms with van der Waals surface area (Å²) in [7, 11) is 0. The van der Waals surface area contributed by atoms with E-state index in [0.29, 0.717) is 11.1 Å². The highest BCUT2D eigenvalue weighted by molar-refractivity contribution is 7.25. The molecule has 2 heterocycles. The van der Waals surface area contributed by atoms with Crippen LogP contribution in [0.1, 0.15) is 11.1 Å². The molecule has 0 spiro atoms. The molecule has 0 aliphatic heterocycles. The second kappa shape index (κ2) is 9.46. The number of fused-ring (bicyclic) bond motifs is 6. The summed E-state index contributed by atoms with van der Waals surface area (Å²) in [6.45, 7) is 0. The van der Waals surface area contributed by atoms with Gasteiger partial charge in [0.2, 0.25) is 0 Å². The molecule has 42 heavy (non-hydrogen) atoms. The molecule has 8 rings (SSSR count). The Morgan fingerprint density at radius 3 is 1.98 bits per heavy atom. The van der Waals surface area contributed by atoms with Crippen LogP contribution in [0, 0.1) is 22.7 Å². The summed E-state index contributed by atoms with van der Waals surface area (Å²) >= 11 is 1.76. The lowest BCUT2D eigenvalue weighted by atomic mass is 9.86. The SMILES string of the molecule is N#Cc1cccc(-c2cc(-c3cccc4oc5ccccc5c34)c(C#N)c(-c3cccc4sc5ccccc5c34)c2)c1. The minimum absolute atomic E-state index is 0.592. The van der Waals surface area contributed by atoms with Gasteiger partial charge in [-0.15, -0.1) is 11.3 Å². The van der Waals surface area contributed by atoms with Crippen LogP contribution >= 0.6 is 11.3 Å². The Labute approximate surface area is 245 Å². The van der Waals surface area contributed by atoms with E-state index in [1.165, 1.54) is 14.8 Å². The first kappa shape index (κ1) is 24.1. The minimum Gasteiger partial charge on any atom is -0.456 e. The first-order valence-corrected chi connectivity index (χ1v) is 14.4. The molecule has 0 amide bonds. The molecule has 0 unspecified atom stereocenters. The van der Waals surface area contributed by atoms with Gasteiger partial charge in [0.25, 0.3) is 0 Å². The fourth-order valence-electron chi connectivity index (χ4n) is 6.12. The second-order valence-corrected chi connectivity index (χ2v) is 11.4. The Balaban J connectivity index is 1.52. The molecular formula is C38H20N2OS. The molecule has 0 saturated heterocycles. The van der Waals surface area contributed by atoms with Gasteiger partial charge in [-0.25, -0.2) is 0 Å². The zero-order valence-electron chi connectivity index (χ0n) is 22.3. The smallest absolute Gasteiger partial charge is 0.136 e. The van der Waals surface area contributed by atoms with E-state index in [1.807, 2.05) is 54.6 Å². The van der Waals surface area contributed by atoms with E-state index >= 15 is 0 Å². The normalized spacial score (nSPS) is 11.3. The Kier molecular flexibility index (Phi) is 5.44. The molecule has 0 N–H and O–H groups in total. The number of rotatable bonds is 3. The van der Waals surface area contributed by atoms with Gasteiger partial charge < -0.3 is 4.42 Å². The number of nitrogens with zero attached hydrogens (tertiary/aromatic N) is 2. The molecule has 0 radical (unpaired) electrons. The van der Waals surface area contributed by atoms with Crippen LogP contribution in [0.25, 0.3) is 75.5 Å². The monoisotopic (exact) mass is 552 g/mol. The van der Waals surface area contributed by atoms with Crippen molar-refractivity contribution in [3.8, 4) is 45.5 Å². The second-order valence-electron chi connectivity index (χ2n) is 10.3.